The lowest BCUT2D eigenvalue weighted by Gasteiger charge is -2.34. The van der Waals surface area contributed by atoms with E-state index in [4.69, 9.17) is 18.0 Å². The van der Waals surface area contributed by atoms with E-state index in [0.29, 0.717) is 29.3 Å². The minimum Gasteiger partial charge on any atom is -0.384 e. The Bertz CT molecular complexity index is 892. The normalized spacial score (nSPS) is 15.9. The van der Waals surface area contributed by atoms with Gasteiger partial charge in [0.15, 0.2) is 0 Å². The van der Waals surface area contributed by atoms with Gasteiger partial charge in [0.2, 0.25) is 0 Å². The van der Waals surface area contributed by atoms with E-state index in [1.54, 1.807) is 6.20 Å². The Morgan fingerprint density at radius 1 is 1.30 bits per heavy atom. The van der Waals surface area contributed by atoms with Crippen molar-refractivity contribution in [3.8, 4) is 0 Å². The van der Waals surface area contributed by atoms with Crippen molar-refractivity contribution in [3.05, 3.63) is 65.5 Å². The van der Waals surface area contributed by atoms with Crippen molar-refractivity contribution in [2.45, 2.75) is 32.4 Å². The average molecular weight is 382 g/mol. The van der Waals surface area contributed by atoms with Crippen molar-refractivity contribution < 1.29 is 4.79 Å². The van der Waals surface area contributed by atoms with Gasteiger partial charge in [-0.3, -0.25) is 4.79 Å². The van der Waals surface area contributed by atoms with Crippen LogP contribution in [0.5, 0.6) is 0 Å². The van der Waals surface area contributed by atoms with Gasteiger partial charge in [-0.15, -0.1) is 0 Å². The fraction of sp³-hybridized carbons (Fsp3) is 0.250. The quantitative estimate of drug-likeness (QED) is 0.595. The van der Waals surface area contributed by atoms with Crippen LogP contribution in [0.15, 0.2) is 59.9 Å². The Hall–Kier alpha value is -2.93. The third-order valence-corrected chi connectivity index (χ3v) is 4.52. The number of thiocarbonyl (C=S) groups is 1. The van der Waals surface area contributed by atoms with E-state index in [0.717, 1.165) is 16.9 Å². The van der Waals surface area contributed by atoms with Crippen molar-refractivity contribution in [2.24, 2.45) is 0 Å². The van der Waals surface area contributed by atoms with E-state index in [9.17, 15) is 4.79 Å². The monoisotopic (exact) mass is 381 g/mol. The van der Waals surface area contributed by atoms with Gasteiger partial charge in [0.1, 0.15) is 10.8 Å². The molecule has 0 atom stereocenters. The minimum atomic E-state index is -0.359. The molecule has 0 radical (unpaired) electrons. The number of nitrogen functional groups attached to an aromatic ring is 1. The summed E-state index contributed by atoms with van der Waals surface area (Å²) in [4.78, 5) is 17.1. The Balaban J connectivity index is 1.86. The number of hydrogen-bond donors (Lipinski definition) is 4. The largest absolute Gasteiger partial charge is 0.384 e. The second kappa shape index (κ2) is 7.75. The number of nitrogens with two attached hydrogens (primary N) is 1. The third-order valence-electron chi connectivity index (χ3n) is 4.21. The zero-order valence-corrected chi connectivity index (χ0v) is 16.2. The average Bonchev–Trinajstić information content (AvgIpc) is 2.59. The number of carbonyl (C=O) groups is 1. The highest BCUT2D eigenvalue weighted by Gasteiger charge is 2.33. The Kier molecular flexibility index (Phi) is 5.41. The van der Waals surface area contributed by atoms with Gasteiger partial charge in [-0.25, -0.2) is 4.98 Å². The second-order valence-electron chi connectivity index (χ2n) is 7.13. The van der Waals surface area contributed by atoms with Crippen molar-refractivity contribution in [1.82, 2.24) is 15.6 Å². The van der Waals surface area contributed by atoms with Gasteiger partial charge < -0.3 is 21.7 Å². The smallest absolute Gasteiger partial charge is 0.256 e. The minimum absolute atomic E-state index is 0.184. The number of amides is 1. The number of anilines is 2. The molecule has 1 amide bonds. The van der Waals surface area contributed by atoms with Crippen LogP contribution in [0, 0.1) is 0 Å². The van der Waals surface area contributed by atoms with Crippen LogP contribution >= 0.6 is 12.2 Å². The molecule has 6 nitrogen and oxygen atoms in total. The SMILES string of the molecule is CC1(C)CC(NCc2ccnc(N)c2)=C(C(=S)Nc2ccccc2)C(=O)N1. The van der Waals surface area contributed by atoms with Crippen LogP contribution in [0.4, 0.5) is 11.5 Å². The van der Waals surface area contributed by atoms with Gasteiger partial charge in [-0.05, 0) is 43.7 Å². The summed E-state index contributed by atoms with van der Waals surface area (Å²) in [6, 6.07) is 13.3. The van der Waals surface area contributed by atoms with E-state index in [-0.39, 0.29) is 11.4 Å². The van der Waals surface area contributed by atoms with Crippen LogP contribution in [0.25, 0.3) is 0 Å². The number of nitrogens with zero attached hydrogens (tertiary/aromatic N) is 1. The number of aromatic nitrogens is 1. The molecular formula is C20H23N5OS. The molecule has 0 bridgehead atoms. The topological polar surface area (TPSA) is 92.1 Å². The lowest BCUT2D eigenvalue weighted by Crippen LogP contribution is -2.51. The molecular weight excluding hydrogens is 358 g/mol. The van der Waals surface area contributed by atoms with Crippen molar-refractivity contribution in [2.75, 3.05) is 11.1 Å². The molecule has 140 valence electrons. The zero-order valence-electron chi connectivity index (χ0n) is 15.4. The standard InChI is InChI=1S/C20H23N5OS/c1-20(2)11-15(23-12-13-8-9-22-16(21)10-13)17(18(26)25-20)19(27)24-14-6-4-3-5-7-14/h3-10,23H,11-12H2,1-2H3,(H2,21,22)(H,24,27)(H,25,26). The summed E-state index contributed by atoms with van der Waals surface area (Å²) < 4.78 is 0. The van der Waals surface area contributed by atoms with Crippen LogP contribution < -0.4 is 21.7 Å². The Morgan fingerprint density at radius 3 is 2.74 bits per heavy atom. The maximum Gasteiger partial charge on any atom is 0.256 e. The first-order valence-corrected chi connectivity index (χ1v) is 9.11. The highest BCUT2D eigenvalue weighted by molar-refractivity contribution is 7.81. The number of hydrogen-bond acceptors (Lipinski definition) is 5. The molecule has 0 aliphatic carbocycles. The molecule has 0 unspecified atom stereocenters. The summed E-state index contributed by atoms with van der Waals surface area (Å²) >= 11 is 5.54. The fourth-order valence-electron chi connectivity index (χ4n) is 3.00. The highest BCUT2D eigenvalue weighted by Crippen LogP contribution is 2.25. The molecule has 0 saturated heterocycles. The van der Waals surface area contributed by atoms with Crippen LogP contribution in [0.3, 0.4) is 0 Å². The predicted octanol–water partition coefficient (Wildman–Crippen LogP) is 2.75. The lowest BCUT2D eigenvalue weighted by atomic mass is 9.90. The van der Waals surface area contributed by atoms with Gasteiger partial charge in [0, 0.05) is 36.1 Å². The molecule has 0 fully saturated rings. The maximum absolute atomic E-state index is 12.8. The van der Waals surface area contributed by atoms with E-state index in [1.165, 1.54) is 0 Å². The van der Waals surface area contributed by atoms with Gasteiger partial charge in [-0.1, -0.05) is 30.4 Å². The van der Waals surface area contributed by atoms with Crippen molar-refractivity contribution in [3.63, 3.8) is 0 Å². The van der Waals surface area contributed by atoms with Crippen molar-refractivity contribution >= 4 is 34.6 Å². The van der Waals surface area contributed by atoms with E-state index >= 15 is 0 Å². The van der Waals surface area contributed by atoms with Gasteiger partial charge in [-0.2, -0.15) is 0 Å². The second-order valence-corrected chi connectivity index (χ2v) is 7.54. The summed E-state index contributed by atoms with van der Waals surface area (Å²) in [7, 11) is 0. The summed E-state index contributed by atoms with van der Waals surface area (Å²) in [5, 5.41) is 9.54. The molecule has 1 aliphatic rings. The predicted molar refractivity (Wildman–Crippen MR) is 112 cm³/mol. The molecule has 3 rings (SSSR count). The lowest BCUT2D eigenvalue weighted by molar-refractivity contribution is -0.119. The fourth-order valence-corrected chi connectivity index (χ4v) is 3.33. The summed E-state index contributed by atoms with van der Waals surface area (Å²) in [5.41, 5.74) is 8.50. The molecule has 7 heteroatoms. The third kappa shape index (κ3) is 4.83. The molecule has 5 N–H and O–H groups in total. The van der Waals surface area contributed by atoms with Gasteiger partial charge >= 0.3 is 0 Å². The van der Waals surface area contributed by atoms with E-state index in [1.807, 2.05) is 56.3 Å². The molecule has 2 aromatic rings. The summed E-state index contributed by atoms with van der Waals surface area (Å²) in [6.07, 6.45) is 2.31. The van der Waals surface area contributed by atoms with Crippen LogP contribution in [-0.4, -0.2) is 21.4 Å². The number of nitrogens with one attached hydrogen (secondary N) is 3. The highest BCUT2D eigenvalue weighted by atomic mass is 32.1. The first kappa shape index (κ1) is 18.8. The molecule has 0 saturated carbocycles. The molecule has 0 spiro atoms. The number of carbonyl (C=O) groups excluding carboxylic acids is 1. The molecule has 27 heavy (non-hydrogen) atoms. The van der Waals surface area contributed by atoms with Gasteiger partial charge in [0.05, 0.1) is 5.57 Å². The number of benzene rings is 1. The van der Waals surface area contributed by atoms with Gasteiger partial charge in [0.25, 0.3) is 5.91 Å². The van der Waals surface area contributed by atoms with Crippen molar-refractivity contribution in [1.29, 1.82) is 0 Å². The molecule has 1 aromatic heterocycles. The number of pyridine rings is 1. The van der Waals surface area contributed by atoms with E-state index < -0.39 is 0 Å². The number of para-hydroxylation sites is 1. The molecule has 1 aromatic carbocycles. The molecule has 2 heterocycles. The number of rotatable bonds is 5. The zero-order chi connectivity index (χ0) is 19.4. The maximum atomic E-state index is 12.8. The molecule has 1 aliphatic heterocycles. The summed E-state index contributed by atoms with van der Waals surface area (Å²) in [5.74, 6) is 0.280. The van der Waals surface area contributed by atoms with Crippen LogP contribution in [0.1, 0.15) is 25.8 Å². The Labute approximate surface area is 164 Å². The first-order valence-electron chi connectivity index (χ1n) is 8.70. The first-order chi connectivity index (χ1) is 12.8. The Morgan fingerprint density at radius 2 is 2.04 bits per heavy atom. The van der Waals surface area contributed by atoms with Crippen LogP contribution in [0.2, 0.25) is 0 Å². The van der Waals surface area contributed by atoms with Crippen LogP contribution in [-0.2, 0) is 11.3 Å². The van der Waals surface area contributed by atoms with E-state index in [2.05, 4.69) is 20.9 Å². The summed E-state index contributed by atoms with van der Waals surface area (Å²) in [6.45, 7) is 4.51.